The zero-order chi connectivity index (χ0) is 15.0. The summed E-state index contributed by atoms with van der Waals surface area (Å²) < 4.78 is 30.2. The van der Waals surface area contributed by atoms with Crippen LogP contribution in [0.4, 0.5) is 0 Å². The largest absolute Gasteiger partial charge is 0.465 e. The molecule has 0 bridgehead atoms. The third-order valence-electron chi connectivity index (χ3n) is 3.83. The Bertz CT molecular complexity index is 794. The molecular formula is C14H16N2O4S. The van der Waals surface area contributed by atoms with Crippen molar-refractivity contribution in [1.29, 1.82) is 0 Å². The lowest BCUT2D eigenvalue weighted by Gasteiger charge is -2.05. The van der Waals surface area contributed by atoms with Crippen LogP contribution in [-0.2, 0) is 21.0 Å². The molecule has 0 saturated carbocycles. The van der Waals surface area contributed by atoms with Gasteiger partial charge in [0.15, 0.2) is 9.84 Å². The van der Waals surface area contributed by atoms with Crippen LogP contribution in [0.1, 0.15) is 28.9 Å². The van der Waals surface area contributed by atoms with Gasteiger partial charge in [0.05, 0.1) is 29.4 Å². The number of hydrogen-bond acceptors (Lipinski definition) is 5. The lowest BCUT2D eigenvalue weighted by Crippen LogP contribution is -2.18. The number of carbonyl (C=O) groups excluding carboxylic acids is 1. The van der Waals surface area contributed by atoms with Gasteiger partial charge in [-0.1, -0.05) is 0 Å². The second kappa shape index (κ2) is 5.14. The van der Waals surface area contributed by atoms with Crippen LogP contribution in [0.3, 0.4) is 0 Å². The van der Waals surface area contributed by atoms with E-state index in [4.69, 9.17) is 0 Å². The molecule has 1 atom stereocenters. The highest BCUT2D eigenvalue weighted by molar-refractivity contribution is 7.92. The van der Waals surface area contributed by atoms with E-state index in [9.17, 15) is 13.2 Å². The molecule has 1 unspecified atom stereocenters. The molecular weight excluding hydrogens is 292 g/mol. The van der Waals surface area contributed by atoms with Crippen molar-refractivity contribution < 1.29 is 17.9 Å². The highest BCUT2D eigenvalue weighted by Gasteiger charge is 2.31. The van der Waals surface area contributed by atoms with E-state index in [0.29, 0.717) is 24.1 Å². The predicted octanol–water partition coefficient (Wildman–Crippen LogP) is 1.24. The summed E-state index contributed by atoms with van der Waals surface area (Å²) in [5.41, 5.74) is 1.77. The van der Waals surface area contributed by atoms with E-state index in [1.165, 1.54) is 7.11 Å². The molecule has 0 amide bonds. The van der Waals surface area contributed by atoms with E-state index < -0.39 is 15.8 Å². The van der Waals surface area contributed by atoms with Gasteiger partial charge in [-0.2, -0.15) is 0 Å². The third-order valence-corrected chi connectivity index (χ3v) is 6.11. The molecule has 3 heterocycles. The van der Waals surface area contributed by atoms with Crippen LogP contribution in [0.25, 0.3) is 5.65 Å². The van der Waals surface area contributed by atoms with E-state index in [0.717, 1.165) is 12.1 Å². The first kappa shape index (κ1) is 14.1. The fourth-order valence-electron chi connectivity index (χ4n) is 2.70. The monoisotopic (exact) mass is 308 g/mol. The number of esters is 1. The average molecular weight is 308 g/mol. The number of fused-ring (bicyclic) bond motifs is 1. The molecule has 0 radical (unpaired) electrons. The topological polar surface area (TPSA) is 77.7 Å². The van der Waals surface area contributed by atoms with Crippen LogP contribution in [0.15, 0.2) is 24.5 Å². The Hall–Kier alpha value is -1.89. The number of hydrogen-bond donors (Lipinski definition) is 0. The van der Waals surface area contributed by atoms with Crippen molar-refractivity contribution in [3.05, 3.63) is 35.8 Å². The van der Waals surface area contributed by atoms with Crippen molar-refractivity contribution >= 4 is 21.5 Å². The number of aromatic nitrogens is 2. The maximum atomic E-state index is 11.9. The molecule has 0 N–H and O–H groups in total. The van der Waals surface area contributed by atoms with Gasteiger partial charge in [-0.3, -0.25) is 0 Å². The molecule has 7 heteroatoms. The highest BCUT2D eigenvalue weighted by Crippen LogP contribution is 2.23. The number of imidazole rings is 1. The molecule has 3 rings (SSSR count). The lowest BCUT2D eigenvalue weighted by molar-refractivity contribution is 0.0600. The second-order valence-corrected chi connectivity index (χ2v) is 7.64. The minimum Gasteiger partial charge on any atom is -0.465 e. The zero-order valence-electron chi connectivity index (χ0n) is 11.7. The van der Waals surface area contributed by atoms with Gasteiger partial charge < -0.3 is 9.14 Å². The summed E-state index contributed by atoms with van der Waals surface area (Å²) in [7, 11) is -1.64. The van der Waals surface area contributed by atoms with Crippen molar-refractivity contribution in [2.75, 3.05) is 12.9 Å². The predicted molar refractivity (Wildman–Crippen MR) is 77.0 cm³/mol. The van der Waals surface area contributed by atoms with Gasteiger partial charge in [0, 0.05) is 18.8 Å². The number of pyridine rings is 1. The first-order valence-corrected chi connectivity index (χ1v) is 8.48. The SMILES string of the molecule is COC(=O)c1ccn2cc(CC3CCCS3(=O)=O)nc2c1. The Balaban J connectivity index is 1.89. The van der Waals surface area contributed by atoms with Gasteiger partial charge in [-0.05, 0) is 25.0 Å². The summed E-state index contributed by atoms with van der Waals surface area (Å²) in [4.78, 5) is 15.9. The average Bonchev–Trinajstić information content (AvgIpc) is 3.00. The maximum absolute atomic E-state index is 11.9. The molecule has 2 aromatic rings. The van der Waals surface area contributed by atoms with Crippen molar-refractivity contribution in [3.63, 3.8) is 0 Å². The molecule has 0 aromatic carbocycles. The number of methoxy groups -OCH3 is 1. The van der Waals surface area contributed by atoms with Gasteiger partial charge in [-0.25, -0.2) is 18.2 Å². The van der Waals surface area contributed by atoms with Crippen LogP contribution >= 0.6 is 0 Å². The molecule has 6 nitrogen and oxygen atoms in total. The molecule has 2 aromatic heterocycles. The summed E-state index contributed by atoms with van der Waals surface area (Å²) in [5, 5.41) is -0.331. The summed E-state index contributed by atoms with van der Waals surface area (Å²) in [6.07, 6.45) is 5.39. The van der Waals surface area contributed by atoms with Gasteiger partial charge in [0.2, 0.25) is 0 Å². The molecule has 0 spiro atoms. The Kier molecular flexibility index (Phi) is 3.44. The van der Waals surface area contributed by atoms with E-state index in [1.54, 1.807) is 22.7 Å². The Morgan fingerprint density at radius 2 is 2.33 bits per heavy atom. The van der Waals surface area contributed by atoms with Crippen LogP contribution in [0.5, 0.6) is 0 Å². The second-order valence-electron chi connectivity index (χ2n) is 5.24. The van der Waals surface area contributed by atoms with E-state index >= 15 is 0 Å². The first-order chi connectivity index (χ1) is 9.99. The van der Waals surface area contributed by atoms with Crippen LogP contribution < -0.4 is 0 Å². The van der Waals surface area contributed by atoms with Crippen molar-refractivity contribution in [2.45, 2.75) is 24.5 Å². The number of rotatable bonds is 3. The minimum absolute atomic E-state index is 0.275. The molecule has 21 heavy (non-hydrogen) atoms. The highest BCUT2D eigenvalue weighted by atomic mass is 32.2. The van der Waals surface area contributed by atoms with Gasteiger partial charge in [-0.15, -0.1) is 0 Å². The minimum atomic E-state index is -2.97. The van der Waals surface area contributed by atoms with Crippen molar-refractivity contribution in [2.24, 2.45) is 0 Å². The number of carbonyl (C=O) groups is 1. The fourth-order valence-corrected chi connectivity index (χ4v) is 4.55. The van der Waals surface area contributed by atoms with Gasteiger partial charge in [0.25, 0.3) is 0 Å². The molecule has 1 saturated heterocycles. The maximum Gasteiger partial charge on any atom is 0.338 e. The van der Waals surface area contributed by atoms with E-state index in [-0.39, 0.29) is 11.0 Å². The number of nitrogens with zero attached hydrogens (tertiary/aromatic N) is 2. The number of ether oxygens (including phenoxy) is 1. The summed E-state index contributed by atoms with van der Waals surface area (Å²) in [5.74, 6) is -0.141. The molecule has 1 aliphatic rings. The fraction of sp³-hybridized carbons (Fsp3) is 0.429. The zero-order valence-corrected chi connectivity index (χ0v) is 12.5. The molecule has 112 valence electrons. The van der Waals surface area contributed by atoms with Crippen molar-refractivity contribution in [3.8, 4) is 0 Å². The van der Waals surface area contributed by atoms with Crippen LogP contribution in [0, 0.1) is 0 Å². The molecule has 0 aliphatic carbocycles. The Morgan fingerprint density at radius 3 is 3.00 bits per heavy atom. The molecule has 1 aliphatic heterocycles. The van der Waals surface area contributed by atoms with Crippen LogP contribution in [0.2, 0.25) is 0 Å². The third kappa shape index (κ3) is 2.65. The smallest absolute Gasteiger partial charge is 0.338 e. The lowest BCUT2D eigenvalue weighted by atomic mass is 10.2. The van der Waals surface area contributed by atoms with Gasteiger partial charge in [0.1, 0.15) is 5.65 Å². The quantitative estimate of drug-likeness (QED) is 0.797. The summed E-state index contributed by atoms with van der Waals surface area (Å²) in [6.45, 7) is 0. The van der Waals surface area contributed by atoms with E-state index in [1.807, 2.05) is 6.20 Å². The standard InChI is InChI=1S/C14H16N2O4S/c1-20-14(17)10-4-5-16-9-11(15-13(16)7-10)8-12-3-2-6-21(12,18)19/h4-5,7,9,12H,2-3,6,8H2,1H3. The Morgan fingerprint density at radius 1 is 1.52 bits per heavy atom. The Labute approximate surface area is 122 Å². The number of sulfone groups is 1. The molecule has 1 fully saturated rings. The normalized spacial score (nSPS) is 20.7. The van der Waals surface area contributed by atoms with E-state index in [2.05, 4.69) is 9.72 Å². The summed E-state index contributed by atoms with van der Waals surface area (Å²) in [6, 6.07) is 3.29. The van der Waals surface area contributed by atoms with Crippen LogP contribution in [-0.4, -0.2) is 41.9 Å². The first-order valence-electron chi connectivity index (χ1n) is 6.77. The summed E-state index contributed by atoms with van der Waals surface area (Å²) >= 11 is 0. The van der Waals surface area contributed by atoms with Crippen molar-refractivity contribution in [1.82, 2.24) is 9.38 Å². The van der Waals surface area contributed by atoms with Gasteiger partial charge >= 0.3 is 5.97 Å².